The van der Waals surface area contributed by atoms with Crippen LogP contribution >= 0.6 is 0 Å². The first-order valence-electron chi connectivity index (χ1n) is 10.6. The molecule has 0 bridgehead atoms. The summed E-state index contributed by atoms with van der Waals surface area (Å²) in [5.41, 5.74) is 5.76. The molecule has 2 aromatic carbocycles. The van der Waals surface area contributed by atoms with Gasteiger partial charge in [-0.25, -0.2) is 9.59 Å². The maximum Gasteiger partial charge on any atom is 0.343 e. The van der Waals surface area contributed by atoms with Crippen LogP contribution in [-0.2, 0) is 15.9 Å². The molecule has 1 aromatic heterocycles. The Balaban J connectivity index is 1.72. The highest BCUT2D eigenvalue weighted by Crippen LogP contribution is 2.34. The van der Waals surface area contributed by atoms with Crippen molar-refractivity contribution in [2.24, 2.45) is 0 Å². The van der Waals surface area contributed by atoms with Crippen molar-refractivity contribution in [3.63, 3.8) is 0 Å². The summed E-state index contributed by atoms with van der Waals surface area (Å²) in [4.78, 5) is 30.0. The topological polar surface area (TPSA) is 65.5 Å². The molecule has 5 nitrogen and oxygen atoms in total. The minimum absolute atomic E-state index is 0.393. The van der Waals surface area contributed by atoms with E-state index < -0.39 is 18.2 Å². The summed E-state index contributed by atoms with van der Waals surface area (Å²) in [5, 5.41) is 0. The first-order valence-corrected chi connectivity index (χ1v) is 10.6. The summed E-state index contributed by atoms with van der Waals surface area (Å²) >= 11 is 0. The average Bonchev–Trinajstić information content (AvgIpc) is 3.07. The van der Waals surface area contributed by atoms with Gasteiger partial charge in [0.2, 0.25) is 0 Å². The van der Waals surface area contributed by atoms with Crippen LogP contribution < -0.4 is 0 Å². The number of aromatic nitrogens is 1. The number of pyridine rings is 1. The maximum atomic E-state index is 13.3. The van der Waals surface area contributed by atoms with Crippen molar-refractivity contribution in [1.82, 2.24) is 4.98 Å². The van der Waals surface area contributed by atoms with E-state index in [1.54, 1.807) is 24.3 Å². The highest BCUT2D eigenvalue weighted by molar-refractivity contribution is 5.99. The van der Waals surface area contributed by atoms with Crippen LogP contribution in [0.4, 0.5) is 0 Å². The standard InChI is InChI=1S/C26H25NO4/c1-4-5-8-19-15-22(18-13-11-16(2)12-14-18)23(17(3)27-19)25(29)31-26-21-10-7-6-9-20(21)24(28)30-26/h6-7,9-15,26H,4-5,8H2,1-3H3. The number of esters is 2. The summed E-state index contributed by atoms with van der Waals surface area (Å²) in [5.74, 6) is -1.05. The molecule has 0 spiro atoms. The first-order chi connectivity index (χ1) is 15.0. The summed E-state index contributed by atoms with van der Waals surface area (Å²) < 4.78 is 11.0. The highest BCUT2D eigenvalue weighted by atomic mass is 16.7. The van der Waals surface area contributed by atoms with Crippen molar-refractivity contribution in [1.29, 1.82) is 0 Å². The minimum Gasteiger partial charge on any atom is -0.417 e. The van der Waals surface area contributed by atoms with Gasteiger partial charge in [-0.3, -0.25) is 4.98 Å². The van der Waals surface area contributed by atoms with E-state index in [2.05, 4.69) is 11.9 Å². The van der Waals surface area contributed by atoms with E-state index in [-0.39, 0.29) is 0 Å². The number of fused-ring (bicyclic) bond motifs is 1. The van der Waals surface area contributed by atoms with E-state index in [4.69, 9.17) is 9.47 Å². The molecule has 5 heteroatoms. The van der Waals surface area contributed by atoms with Crippen LogP contribution in [0.1, 0.15) is 69.3 Å². The lowest BCUT2D eigenvalue weighted by Crippen LogP contribution is -2.15. The molecule has 0 aliphatic carbocycles. The van der Waals surface area contributed by atoms with Crippen LogP contribution in [0.15, 0.2) is 54.6 Å². The molecule has 0 fully saturated rings. The Morgan fingerprint density at radius 3 is 2.55 bits per heavy atom. The van der Waals surface area contributed by atoms with Gasteiger partial charge in [0.15, 0.2) is 0 Å². The van der Waals surface area contributed by atoms with Gasteiger partial charge in [-0.1, -0.05) is 61.4 Å². The molecule has 0 N–H and O–H groups in total. The van der Waals surface area contributed by atoms with Gasteiger partial charge in [0, 0.05) is 11.3 Å². The third kappa shape index (κ3) is 4.22. The largest absolute Gasteiger partial charge is 0.417 e. The van der Waals surface area contributed by atoms with Crippen LogP contribution in [0, 0.1) is 13.8 Å². The number of benzene rings is 2. The number of carbonyl (C=O) groups excluding carboxylic acids is 2. The molecule has 0 amide bonds. The molecule has 0 saturated heterocycles. The zero-order valence-corrected chi connectivity index (χ0v) is 18.0. The molecular weight excluding hydrogens is 390 g/mol. The van der Waals surface area contributed by atoms with Crippen LogP contribution in [0.5, 0.6) is 0 Å². The van der Waals surface area contributed by atoms with Gasteiger partial charge >= 0.3 is 11.9 Å². The number of carbonyl (C=O) groups is 2. The van der Waals surface area contributed by atoms with Crippen molar-refractivity contribution in [2.45, 2.75) is 46.3 Å². The molecule has 158 valence electrons. The fraction of sp³-hybridized carbons (Fsp3) is 0.269. The van der Waals surface area contributed by atoms with E-state index in [0.717, 1.165) is 41.6 Å². The van der Waals surface area contributed by atoms with Crippen molar-refractivity contribution >= 4 is 11.9 Å². The normalized spacial score (nSPS) is 14.8. The minimum atomic E-state index is -1.05. The number of rotatable bonds is 6. The monoisotopic (exact) mass is 415 g/mol. The quantitative estimate of drug-likeness (QED) is 0.481. The molecule has 1 unspecified atom stereocenters. The fourth-order valence-corrected chi connectivity index (χ4v) is 3.80. The van der Waals surface area contributed by atoms with E-state index in [9.17, 15) is 9.59 Å². The Bertz CT molecular complexity index is 1130. The van der Waals surface area contributed by atoms with Crippen molar-refractivity contribution in [3.05, 3.63) is 88.2 Å². The Morgan fingerprint density at radius 2 is 1.81 bits per heavy atom. The Hall–Kier alpha value is -3.47. The second kappa shape index (κ2) is 8.72. The van der Waals surface area contributed by atoms with E-state index in [1.165, 1.54) is 0 Å². The lowest BCUT2D eigenvalue weighted by Gasteiger charge is -2.17. The molecule has 1 atom stereocenters. The second-order valence-electron chi connectivity index (χ2n) is 7.82. The lowest BCUT2D eigenvalue weighted by molar-refractivity contribution is -0.0724. The number of nitrogens with zero attached hydrogens (tertiary/aromatic N) is 1. The summed E-state index contributed by atoms with van der Waals surface area (Å²) in [6, 6.07) is 16.9. The van der Waals surface area contributed by atoms with Crippen molar-refractivity contribution in [2.75, 3.05) is 0 Å². The molecule has 0 radical (unpaired) electrons. The molecule has 2 heterocycles. The van der Waals surface area contributed by atoms with Crippen LogP contribution in [0.25, 0.3) is 11.1 Å². The first kappa shape index (κ1) is 20.8. The molecule has 1 aliphatic rings. The zero-order chi connectivity index (χ0) is 22.0. The highest BCUT2D eigenvalue weighted by Gasteiger charge is 2.34. The van der Waals surface area contributed by atoms with Gasteiger partial charge in [-0.05, 0) is 49.9 Å². The molecule has 1 aliphatic heterocycles. The number of hydrogen-bond donors (Lipinski definition) is 0. The zero-order valence-electron chi connectivity index (χ0n) is 18.0. The number of ether oxygens (including phenoxy) is 2. The number of hydrogen-bond acceptors (Lipinski definition) is 5. The molecule has 3 aromatic rings. The third-order valence-corrected chi connectivity index (χ3v) is 5.47. The summed E-state index contributed by atoms with van der Waals surface area (Å²) in [6.45, 7) is 5.98. The molecular formula is C26H25NO4. The second-order valence-corrected chi connectivity index (χ2v) is 7.82. The summed E-state index contributed by atoms with van der Waals surface area (Å²) in [6.07, 6.45) is 1.88. The van der Waals surface area contributed by atoms with E-state index in [0.29, 0.717) is 22.4 Å². The smallest absolute Gasteiger partial charge is 0.343 e. The van der Waals surface area contributed by atoms with Gasteiger partial charge in [-0.15, -0.1) is 0 Å². The van der Waals surface area contributed by atoms with Crippen LogP contribution in [0.3, 0.4) is 0 Å². The fourth-order valence-electron chi connectivity index (χ4n) is 3.80. The lowest BCUT2D eigenvalue weighted by atomic mass is 9.96. The Kier molecular flexibility index (Phi) is 5.85. The Morgan fingerprint density at radius 1 is 1.06 bits per heavy atom. The number of cyclic esters (lactones) is 1. The molecule has 0 saturated carbocycles. The van der Waals surface area contributed by atoms with Gasteiger partial charge in [0.05, 0.1) is 16.8 Å². The van der Waals surface area contributed by atoms with Crippen molar-refractivity contribution in [3.8, 4) is 11.1 Å². The number of aryl methyl sites for hydroxylation is 3. The van der Waals surface area contributed by atoms with Crippen molar-refractivity contribution < 1.29 is 19.1 Å². The maximum absolute atomic E-state index is 13.3. The molecule has 31 heavy (non-hydrogen) atoms. The predicted molar refractivity (Wildman–Crippen MR) is 118 cm³/mol. The van der Waals surface area contributed by atoms with Crippen LogP contribution in [0.2, 0.25) is 0 Å². The summed E-state index contributed by atoms with van der Waals surface area (Å²) in [7, 11) is 0. The van der Waals surface area contributed by atoms with E-state index in [1.807, 2.05) is 44.2 Å². The third-order valence-electron chi connectivity index (χ3n) is 5.47. The van der Waals surface area contributed by atoms with E-state index >= 15 is 0 Å². The van der Waals surface area contributed by atoms with Gasteiger partial charge < -0.3 is 9.47 Å². The van der Waals surface area contributed by atoms with Gasteiger partial charge in [0.25, 0.3) is 6.29 Å². The van der Waals surface area contributed by atoms with Gasteiger partial charge in [-0.2, -0.15) is 0 Å². The molecule has 4 rings (SSSR count). The van der Waals surface area contributed by atoms with Crippen LogP contribution in [-0.4, -0.2) is 16.9 Å². The predicted octanol–water partition coefficient (Wildman–Crippen LogP) is 5.73. The average molecular weight is 415 g/mol. The van der Waals surface area contributed by atoms with Gasteiger partial charge in [0.1, 0.15) is 0 Å². The SMILES string of the molecule is CCCCc1cc(-c2ccc(C)cc2)c(C(=O)OC2OC(=O)c3ccccc32)c(C)n1. The Labute approximate surface area is 182 Å². The number of unbranched alkanes of at least 4 members (excludes halogenated alkanes) is 1.